The van der Waals surface area contributed by atoms with Gasteiger partial charge in [0, 0.05) is 17.9 Å². The van der Waals surface area contributed by atoms with E-state index in [9.17, 15) is 0 Å². The number of methoxy groups -OCH3 is 1. The average molecular weight is 229 g/mol. The Bertz CT molecular complexity index is 363. The van der Waals surface area contributed by atoms with Crippen LogP contribution in [0, 0.1) is 11.8 Å². The van der Waals surface area contributed by atoms with Gasteiger partial charge in [0.05, 0.1) is 12.1 Å². The lowest BCUT2D eigenvalue weighted by Crippen LogP contribution is -1.84. The molecule has 0 heterocycles. The van der Waals surface area contributed by atoms with Gasteiger partial charge in [-0.05, 0) is 18.2 Å². The molecule has 1 nitrogen and oxygen atoms in total. The van der Waals surface area contributed by atoms with Gasteiger partial charge in [0.1, 0.15) is 5.75 Å². The smallest absolute Gasteiger partial charge is 0.120 e. The van der Waals surface area contributed by atoms with Crippen LogP contribution in [0.3, 0.4) is 0 Å². The minimum Gasteiger partial charge on any atom is -0.497 e. The lowest BCUT2D eigenvalue weighted by molar-refractivity contribution is 0.415. The predicted octanol–water partition coefficient (Wildman–Crippen LogP) is 3.33. The second-order valence-electron chi connectivity index (χ2n) is 2.59. The Morgan fingerprint density at radius 2 is 2.21 bits per heavy atom. The number of rotatable bonds is 2. The molecule has 0 N–H and O–H groups in total. The van der Waals surface area contributed by atoms with Crippen LogP contribution >= 0.6 is 23.2 Å². The lowest BCUT2D eigenvalue weighted by atomic mass is 10.2. The Hall–Kier alpha value is -0.840. The largest absolute Gasteiger partial charge is 0.497 e. The van der Waals surface area contributed by atoms with Crippen molar-refractivity contribution in [3.8, 4) is 17.6 Å². The Kier molecular flexibility index (Phi) is 4.65. The molecule has 0 aromatic heterocycles. The number of hydrogen-bond donors (Lipinski definition) is 0. The Morgan fingerprint density at radius 1 is 1.43 bits per heavy atom. The Morgan fingerprint density at radius 3 is 2.79 bits per heavy atom. The molecule has 3 heteroatoms. The molecule has 0 bridgehead atoms. The molecule has 0 aliphatic heterocycles. The van der Waals surface area contributed by atoms with E-state index in [1.807, 2.05) is 12.1 Å². The highest BCUT2D eigenvalue weighted by atomic mass is 35.5. The molecule has 1 aromatic rings. The second-order valence-corrected chi connectivity index (χ2v) is 3.37. The highest BCUT2D eigenvalue weighted by molar-refractivity contribution is 6.31. The third kappa shape index (κ3) is 3.14. The van der Waals surface area contributed by atoms with E-state index < -0.39 is 0 Å². The molecule has 0 radical (unpaired) electrons. The molecule has 0 aliphatic carbocycles. The molecular formula is C11H10Cl2O. The van der Waals surface area contributed by atoms with Crippen LogP contribution < -0.4 is 4.74 Å². The second kappa shape index (κ2) is 5.80. The molecule has 0 unspecified atom stereocenters. The molecule has 0 spiro atoms. The van der Waals surface area contributed by atoms with Crippen molar-refractivity contribution < 1.29 is 4.74 Å². The zero-order valence-electron chi connectivity index (χ0n) is 7.81. The fraction of sp³-hybridized carbons (Fsp3) is 0.273. The van der Waals surface area contributed by atoms with Gasteiger partial charge in [-0.1, -0.05) is 23.4 Å². The van der Waals surface area contributed by atoms with Gasteiger partial charge in [0.15, 0.2) is 0 Å². The summed E-state index contributed by atoms with van der Waals surface area (Å²) in [5, 5.41) is 0.603. The molecule has 1 aromatic carbocycles. The van der Waals surface area contributed by atoms with Crippen molar-refractivity contribution in [3.63, 3.8) is 0 Å². The Balaban J connectivity index is 2.85. The summed E-state index contributed by atoms with van der Waals surface area (Å²) in [7, 11) is 1.60. The van der Waals surface area contributed by atoms with E-state index in [1.165, 1.54) is 0 Å². The van der Waals surface area contributed by atoms with Gasteiger partial charge in [-0.25, -0.2) is 0 Å². The molecule has 1 rings (SSSR count). The third-order valence-corrected chi connectivity index (χ3v) is 2.12. The molecule has 0 saturated carbocycles. The fourth-order valence-corrected chi connectivity index (χ4v) is 1.24. The number of hydrogen-bond acceptors (Lipinski definition) is 1. The van der Waals surface area contributed by atoms with Crippen molar-refractivity contribution in [1.29, 1.82) is 0 Å². The minimum atomic E-state index is 0.542. The van der Waals surface area contributed by atoms with E-state index in [-0.39, 0.29) is 0 Å². The van der Waals surface area contributed by atoms with E-state index in [0.29, 0.717) is 17.3 Å². The van der Waals surface area contributed by atoms with Crippen LogP contribution in [-0.2, 0) is 0 Å². The van der Waals surface area contributed by atoms with Crippen LogP contribution in [0.2, 0.25) is 5.02 Å². The predicted molar refractivity (Wildman–Crippen MR) is 60.2 cm³/mol. The summed E-state index contributed by atoms with van der Waals surface area (Å²) in [5.41, 5.74) is 0.803. The highest BCUT2D eigenvalue weighted by Crippen LogP contribution is 2.21. The van der Waals surface area contributed by atoms with Crippen molar-refractivity contribution >= 4 is 23.2 Å². The van der Waals surface area contributed by atoms with Crippen LogP contribution in [0.1, 0.15) is 12.0 Å². The molecule has 0 saturated heterocycles. The van der Waals surface area contributed by atoms with E-state index in [0.717, 1.165) is 11.3 Å². The van der Waals surface area contributed by atoms with Gasteiger partial charge in [-0.2, -0.15) is 0 Å². The monoisotopic (exact) mass is 228 g/mol. The molecule has 74 valence electrons. The summed E-state index contributed by atoms with van der Waals surface area (Å²) in [6.07, 6.45) is 0.671. The van der Waals surface area contributed by atoms with Crippen LogP contribution in [0.25, 0.3) is 0 Å². The van der Waals surface area contributed by atoms with E-state index in [4.69, 9.17) is 27.9 Å². The van der Waals surface area contributed by atoms with Crippen LogP contribution in [0.4, 0.5) is 0 Å². The number of alkyl halides is 1. The maximum atomic E-state index is 5.97. The quantitative estimate of drug-likeness (QED) is 0.558. The molecule has 14 heavy (non-hydrogen) atoms. The summed E-state index contributed by atoms with van der Waals surface area (Å²) in [4.78, 5) is 0. The van der Waals surface area contributed by atoms with Crippen molar-refractivity contribution in [2.75, 3.05) is 13.0 Å². The first-order valence-corrected chi connectivity index (χ1v) is 5.07. The van der Waals surface area contributed by atoms with E-state index in [1.54, 1.807) is 13.2 Å². The summed E-state index contributed by atoms with van der Waals surface area (Å²) < 4.78 is 5.02. The van der Waals surface area contributed by atoms with E-state index in [2.05, 4.69) is 11.8 Å². The van der Waals surface area contributed by atoms with Crippen molar-refractivity contribution in [2.24, 2.45) is 0 Å². The summed E-state index contributed by atoms with van der Waals surface area (Å²) in [6, 6.07) is 5.41. The zero-order chi connectivity index (χ0) is 10.4. The van der Waals surface area contributed by atoms with Crippen molar-refractivity contribution in [1.82, 2.24) is 0 Å². The van der Waals surface area contributed by atoms with Gasteiger partial charge in [0.25, 0.3) is 0 Å². The van der Waals surface area contributed by atoms with Gasteiger partial charge >= 0.3 is 0 Å². The minimum absolute atomic E-state index is 0.542. The van der Waals surface area contributed by atoms with E-state index >= 15 is 0 Å². The van der Waals surface area contributed by atoms with Crippen molar-refractivity contribution in [2.45, 2.75) is 6.42 Å². The third-order valence-electron chi connectivity index (χ3n) is 1.62. The van der Waals surface area contributed by atoms with Gasteiger partial charge in [0.2, 0.25) is 0 Å². The standard InChI is InChI=1S/C11H10Cl2O/c1-14-10-6-5-9(11(13)8-10)4-2-3-7-12/h5-6,8H,3,7H2,1H3. The van der Waals surface area contributed by atoms with Crippen LogP contribution in [-0.4, -0.2) is 13.0 Å². The first-order chi connectivity index (χ1) is 6.77. The van der Waals surface area contributed by atoms with Gasteiger partial charge in [-0.15, -0.1) is 11.6 Å². The molecule has 0 fully saturated rings. The van der Waals surface area contributed by atoms with Crippen molar-refractivity contribution in [3.05, 3.63) is 28.8 Å². The summed E-state index contributed by atoms with van der Waals surface area (Å²) >= 11 is 11.5. The molecule has 0 amide bonds. The number of benzene rings is 1. The molecular weight excluding hydrogens is 219 g/mol. The maximum absolute atomic E-state index is 5.97. The average Bonchev–Trinajstić information content (AvgIpc) is 2.20. The Labute approximate surface area is 94.0 Å². The topological polar surface area (TPSA) is 9.23 Å². The maximum Gasteiger partial charge on any atom is 0.120 e. The number of halogens is 2. The normalized spacial score (nSPS) is 9.07. The fourth-order valence-electron chi connectivity index (χ4n) is 0.929. The highest BCUT2D eigenvalue weighted by Gasteiger charge is 1.98. The SMILES string of the molecule is COc1ccc(C#CCCCl)c(Cl)c1. The summed E-state index contributed by atoms with van der Waals surface area (Å²) in [6.45, 7) is 0. The molecule has 0 atom stereocenters. The molecule has 0 aliphatic rings. The van der Waals surface area contributed by atoms with Crippen LogP contribution in [0.5, 0.6) is 5.75 Å². The first-order valence-electron chi connectivity index (χ1n) is 4.16. The lowest BCUT2D eigenvalue weighted by Gasteiger charge is -2.00. The zero-order valence-corrected chi connectivity index (χ0v) is 9.32. The number of ether oxygens (including phenoxy) is 1. The van der Waals surface area contributed by atoms with Gasteiger partial charge in [-0.3, -0.25) is 0 Å². The van der Waals surface area contributed by atoms with Gasteiger partial charge < -0.3 is 4.74 Å². The summed E-state index contributed by atoms with van der Waals surface area (Å²) in [5.74, 6) is 7.14. The van der Waals surface area contributed by atoms with Crippen LogP contribution in [0.15, 0.2) is 18.2 Å². The first kappa shape index (κ1) is 11.2.